The van der Waals surface area contributed by atoms with Crippen molar-refractivity contribution in [3.63, 3.8) is 0 Å². The van der Waals surface area contributed by atoms with E-state index in [0.29, 0.717) is 37.0 Å². The molecule has 100 valence electrons. The number of carbonyl (C=O) groups is 1. The first kappa shape index (κ1) is 13.5. The monoisotopic (exact) mass is 279 g/mol. The summed E-state index contributed by atoms with van der Waals surface area (Å²) in [6.45, 7) is 0. The number of alkyl halides is 3. The van der Waals surface area contributed by atoms with Crippen molar-refractivity contribution in [1.29, 1.82) is 0 Å². The minimum Gasteiger partial charge on any atom is -0.382 e. The lowest BCUT2D eigenvalue weighted by Crippen LogP contribution is -2.40. The van der Waals surface area contributed by atoms with E-state index in [2.05, 4.69) is 4.98 Å². The largest absolute Gasteiger partial charge is 0.443 e. The Morgan fingerprint density at radius 2 is 1.94 bits per heavy atom. The predicted molar refractivity (Wildman–Crippen MR) is 59.5 cm³/mol. The number of Topliss-reactive ketones (excluding diaryl/α,β-unsaturated/α-hetero) is 1. The summed E-state index contributed by atoms with van der Waals surface area (Å²) in [6.07, 6.45) is -0.649. The molecule has 7 heteroatoms. The van der Waals surface area contributed by atoms with Crippen molar-refractivity contribution in [1.82, 2.24) is 4.98 Å². The van der Waals surface area contributed by atoms with E-state index in [1.54, 1.807) is 0 Å². The topological polar surface area (TPSA) is 50.2 Å². The van der Waals surface area contributed by atoms with Crippen molar-refractivity contribution in [2.24, 2.45) is 0 Å². The summed E-state index contributed by atoms with van der Waals surface area (Å²) in [5.41, 5.74) is -1.51. The maximum Gasteiger partial charge on any atom is 0.443 e. The van der Waals surface area contributed by atoms with Crippen molar-refractivity contribution < 1.29 is 23.1 Å². The van der Waals surface area contributed by atoms with Gasteiger partial charge in [-0.2, -0.15) is 13.2 Å². The molecular formula is C11H12F3NO2S. The third-order valence-corrected chi connectivity index (χ3v) is 4.12. The van der Waals surface area contributed by atoms with Gasteiger partial charge in [0, 0.05) is 6.20 Å². The molecule has 0 radical (unpaired) electrons. The van der Waals surface area contributed by atoms with Crippen LogP contribution in [0.5, 0.6) is 0 Å². The average Bonchev–Trinajstić information content (AvgIpc) is 2.77. The van der Waals surface area contributed by atoms with Crippen molar-refractivity contribution in [2.45, 2.75) is 43.9 Å². The second-order valence-electron chi connectivity index (χ2n) is 4.45. The summed E-state index contributed by atoms with van der Waals surface area (Å²) >= 11 is 0.294. The molecule has 1 aliphatic carbocycles. The molecule has 0 spiro atoms. The van der Waals surface area contributed by atoms with Gasteiger partial charge in [0.05, 0.1) is 4.88 Å². The molecule has 1 N–H and O–H groups in total. The fraction of sp³-hybridized carbons (Fsp3) is 0.636. The SMILES string of the molecule is O=C(c1cnc(C(F)(F)F)s1)C1(O)CCCCC1. The Labute approximate surface area is 106 Å². The van der Waals surface area contributed by atoms with Crippen LogP contribution in [-0.2, 0) is 6.18 Å². The van der Waals surface area contributed by atoms with E-state index >= 15 is 0 Å². The molecule has 1 aromatic rings. The van der Waals surface area contributed by atoms with Crippen LogP contribution >= 0.6 is 11.3 Å². The minimum absolute atomic E-state index is 0.119. The molecule has 1 heterocycles. The smallest absolute Gasteiger partial charge is 0.382 e. The van der Waals surface area contributed by atoms with Gasteiger partial charge in [-0.3, -0.25) is 4.79 Å². The van der Waals surface area contributed by atoms with Crippen LogP contribution in [0.15, 0.2) is 6.20 Å². The van der Waals surface area contributed by atoms with E-state index in [0.717, 1.165) is 12.6 Å². The molecule has 0 amide bonds. The molecule has 0 atom stereocenters. The van der Waals surface area contributed by atoms with E-state index < -0.39 is 22.6 Å². The number of aliphatic hydroxyl groups is 1. The Hall–Kier alpha value is -0.950. The summed E-state index contributed by atoms with van der Waals surface area (Å²) in [5.74, 6) is -0.629. The zero-order valence-electron chi connectivity index (χ0n) is 9.46. The van der Waals surface area contributed by atoms with Gasteiger partial charge in [0.1, 0.15) is 5.60 Å². The van der Waals surface area contributed by atoms with E-state index in [-0.39, 0.29) is 4.88 Å². The molecule has 1 aliphatic rings. The molecule has 1 saturated carbocycles. The molecule has 1 fully saturated rings. The van der Waals surface area contributed by atoms with E-state index in [9.17, 15) is 23.1 Å². The van der Waals surface area contributed by atoms with Gasteiger partial charge in [-0.05, 0) is 12.8 Å². The van der Waals surface area contributed by atoms with Crippen LogP contribution in [0.3, 0.4) is 0 Å². The van der Waals surface area contributed by atoms with Crippen LogP contribution < -0.4 is 0 Å². The van der Waals surface area contributed by atoms with Crippen molar-refractivity contribution in [3.05, 3.63) is 16.1 Å². The number of hydrogen-bond donors (Lipinski definition) is 1. The summed E-state index contributed by atoms with van der Waals surface area (Å²) < 4.78 is 37.1. The summed E-state index contributed by atoms with van der Waals surface area (Å²) in [5, 5.41) is 9.10. The predicted octanol–water partition coefficient (Wildman–Crippen LogP) is 3.04. The standard InChI is InChI=1S/C11H12F3NO2S/c12-11(13,14)9-15-6-7(18-9)8(16)10(17)4-2-1-3-5-10/h6,17H,1-5H2. The molecule has 0 bridgehead atoms. The van der Waals surface area contributed by atoms with Gasteiger partial charge in [0.15, 0.2) is 5.01 Å². The van der Waals surface area contributed by atoms with Crippen LogP contribution in [0.4, 0.5) is 13.2 Å². The minimum atomic E-state index is -4.54. The van der Waals surface area contributed by atoms with E-state index in [4.69, 9.17) is 0 Å². The summed E-state index contributed by atoms with van der Waals surface area (Å²) in [6, 6.07) is 0. The number of hydrogen-bond acceptors (Lipinski definition) is 4. The number of halogens is 3. The maximum absolute atomic E-state index is 12.4. The number of rotatable bonds is 2. The lowest BCUT2D eigenvalue weighted by Gasteiger charge is -2.29. The Kier molecular flexibility index (Phi) is 3.46. The number of ketones is 1. The highest BCUT2D eigenvalue weighted by Gasteiger charge is 2.41. The molecule has 0 aliphatic heterocycles. The molecule has 18 heavy (non-hydrogen) atoms. The van der Waals surface area contributed by atoms with Crippen molar-refractivity contribution in [2.75, 3.05) is 0 Å². The van der Waals surface area contributed by atoms with Gasteiger partial charge in [0.2, 0.25) is 5.78 Å². The highest BCUT2D eigenvalue weighted by atomic mass is 32.1. The van der Waals surface area contributed by atoms with Crippen LogP contribution in [-0.4, -0.2) is 21.5 Å². The first-order valence-corrected chi connectivity index (χ1v) is 6.45. The lowest BCUT2D eigenvalue weighted by atomic mass is 9.81. The average molecular weight is 279 g/mol. The summed E-state index contributed by atoms with van der Waals surface area (Å²) in [4.78, 5) is 15.1. The molecule has 0 saturated heterocycles. The molecular weight excluding hydrogens is 267 g/mol. The number of carbonyl (C=O) groups excluding carboxylic acids is 1. The molecule has 1 aromatic heterocycles. The maximum atomic E-state index is 12.4. The number of nitrogens with zero attached hydrogens (tertiary/aromatic N) is 1. The van der Waals surface area contributed by atoms with Gasteiger partial charge in [-0.1, -0.05) is 19.3 Å². The van der Waals surface area contributed by atoms with Crippen LogP contribution in [0.1, 0.15) is 46.8 Å². The van der Waals surface area contributed by atoms with Gasteiger partial charge in [-0.15, -0.1) is 11.3 Å². The summed E-state index contributed by atoms with van der Waals surface area (Å²) in [7, 11) is 0. The fourth-order valence-electron chi connectivity index (χ4n) is 2.10. The third kappa shape index (κ3) is 2.56. The van der Waals surface area contributed by atoms with Gasteiger partial charge in [0.25, 0.3) is 0 Å². The quantitative estimate of drug-likeness (QED) is 0.846. The van der Waals surface area contributed by atoms with Crippen LogP contribution in [0, 0.1) is 0 Å². The first-order valence-electron chi connectivity index (χ1n) is 5.63. The van der Waals surface area contributed by atoms with Crippen LogP contribution in [0.25, 0.3) is 0 Å². The van der Waals surface area contributed by atoms with Crippen molar-refractivity contribution in [3.8, 4) is 0 Å². The van der Waals surface area contributed by atoms with Gasteiger partial charge >= 0.3 is 6.18 Å². The highest BCUT2D eigenvalue weighted by molar-refractivity contribution is 7.13. The molecule has 0 aromatic carbocycles. The Bertz CT molecular complexity index is 449. The molecule has 0 unspecified atom stereocenters. The fourth-order valence-corrected chi connectivity index (χ4v) is 2.92. The Morgan fingerprint density at radius 1 is 1.33 bits per heavy atom. The number of aromatic nitrogens is 1. The number of thiazole rings is 1. The zero-order chi connectivity index (χ0) is 13.4. The third-order valence-electron chi connectivity index (χ3n) is 3.08. The second kappa shape index (κ2) is 4.62. The van der Waals surface area contributed by atoms with E-state index in [1.807, 2.05) is 0 Å². The molecule has 3 nitrogen and oxygen atoms in total. The second-order valence-corrected chi connectivity index (χ2v) is 5.48. The zero-order valence-corrected chi connectivity index (χ0v) is 10.3. The van der Waals surface area contributed by atoms with Gasteiger partial charge < -0.3 is 5.11 Å². The highest BCUT2D eigenvalue weighted by Crippen LogP contribution is 2.36. The van der Waals surface area contributed by atoms with Crippen molar-refractivity contribution >= 4 is 17.1 Å². The Morgan fingerprint density at radius 3 is 2.44 bits per heavy atom. The lowest BCUT2D eigenvalue weighted by molar-refractivity contribution is -0.137. The molecule has 2 rings (SSSR count). The Balaban J connectivity index is 2.21. The van der Waals surface area contributed by atoms with Crippen LogP contribution in [0.2, 0.25) is 0 Å². The van der Waals surface area contributed by atoms with Gasteiger partial charge in [-0.25, -0.2) is 4.98 Å². The first-order chi connectivity index (χ1) is 8.33. The van der Waals surface area contributed by atoms with E-state index in [1.165, 1.54) is 0 Å². The normalized spacial score (nSPS) is 19.8.